The number of fused-ring (bicyclic) bond motifs is 2. The molecule has 3 atom stereocenters. The molecule has 0 aromatic heterocycles. The first-order valence-corrected chi connectivity index (χ1v) is 4.64. The number of alkyl halides is 1. The van der Waals surface area contributed by atoms with Crippen molar-refractivity contribution in [3.8, 4) is 0 Å². The van der Waals surface area contributed by atoms with Gasteiger partial charge in [-0.15, -0.1) is 0 Å². The molecule has 0 saturated heterocycles. The Morgan fingerprint density at radius 3 is 2.50 bits per heavy atom. The summed E-state index contributed by atoms with van der Waals surface area (Å²) in [4.78, 5) is 11.6. The lowest BCUT2D eigenvalue weighted by molar-refractivity contribution is -0.128. The largest absolute Gasteiger partial charge is 0.299 e. The van der Waals surface area contributed by atoms with E-state index in [0.717, 1.165) is 12.8 Å². The molecule has 0 aromatic rings. The zero-order valence-corrected chi connectivity index (χ0v) is 7.69. The second kappa shape index (κ2) is 2.09. The van der Waals surface area contributed by atoms with Gasteiger partial charge in [0.05, 0.1) is 6.67 Å². The zero-order valence-electron chi connectivity index (χ0n) is 7.69. The predicted octanol–water partition coefficient (Wildman–Crippen LogP) is 2.35. The van der Waals surface area contributed by atoms with Gasteiger partial charge in [-0.05, 0) is 18.8 Å². The fourth-order valence-electron chi connectivity index (χ4n) is 3.01. The molecule has 1 nitrogen and oxygen atoms in total. The van der Waals surface area contributed by atoms with Crippen LogP contribution in [0.15, 0.2) is 0 Å². The minimum absolute atomic E-state index is 0.291. The first kappa shape index (κ1) is 8.21. The molecule has 2 aliphatic rings. The van der Waals surface area contributed by atoms with Crippen LogP contribution in [0.5, 0.6) is 0 Å². The van der Waals surface area contributed by atoms with Gasteiger partial charge in [0, 0.05) is 17.3 Å². The quantitative estimate of drug-likeness (QED) is 0.590. The van der Waals surface area contributed by atoms with Crippen LogP contribution in [0.3, 0.4) is 0 Å². The van der Waals surface area contributed by atoms with Crippen molar-refractivity contribution in [1.82, 2.24) is 0 Å². The minimum atomic E-state index is -0.343. The van der Waals surface area contributed by atoms with Crippen molar-refractivity contribution in [3.05, 3.63) is 0 Å². The molecule has 0 spiro atoms. The number of carbonyl (C=O) groups is 1. The topological polar surface area (TPSA) is 17.1 Å². The Bertz CT molecular complexity index is 238. The van der Waals surface area contributed by atoms with Gasteiger partial charge in [-0.1, -0.05) is 13.8 Å². The van der Waals surface area contributed by atoms with E-state index in [-0.39, 0.29) is 17.5 Å². The van der Waals surface area contributed by atoms with Crippen LogP contribution in [0.4, 0.5) is 4.39 Å². The number of hydrogen-bond donors (Lipinski definition) is 0. The summed E-state index contributed by atoms with van der Waals surface area (Å²) in [7, 11) is 0. The second-order valence-corrected chi connectivity index (χ2v) is 4.75. The van der Waals surface area contributed by atoms with E-state index in [9.17, 15) is 9.18 Å². The van der Waals surface area contributed by atoms with E-state index in [1.807, 2.05) is 13.8 Å². The lowest BCUT2D eigenvalue weighted by atomic mass is 9.70. The Hall–Kier alpha value is -0.400. The third-order valence-electron chi connectivity index (χ3n) is 4.48. The SMILES string of the molecule is C[C@]1(CF)[C@H]2CC[C@]1(C)C(=O)C2. The Labute approximate surface area is 72.3 Å². The average Bonchev–Trinajstić information content (AvgIpc) is 2.39. The maximum Gasteiger partial charge on any atom is 0.139 e. The molecule has 0 amide bonds. The van der Waals surface area contributed by atoms with Crippen LogP contribution < -0.4 is 0 Å². The van der Waals surface area contributed by atoms with Gasteiger partial charge in [0.2, 0.25) is 0 Å². The van der Waals surface area contributed by atoms with Gasteiger partial charge < -0.3 is 0 Å². The molecule has 0 unspecified atom stereocenters. The maximum atomic E-state index is 12.9. The summed E-state index contributed by atoms with van der Waals surface area (Å²) in [5.74, 6) is 0.610. The molecule has 12 heavy (non-hydrogen) atoms. The Morgan fingerprint density at radius 2 is 2.25 bits per heavy atom. The molecule has 2 heteroatoms. The third kappa shape index (κ3) is 0.629. The van der Waals surface area contributed by atoms with Gasteiger partial charge in [-0.3, -0.25) is 9.18 Å². The summed E-state index contributed by atoms with van der Waals surface area (Å²) >= 11 is 0. The van der Waals surface area contributed by atoms with Gasteiger partial charge >= 0.3 is 0 Å². The fraction of sp³-hybridized carbons (Fsp3) is 0.900. The number of hydrogen-bond acceptors (Lipinski definition) is 1. The first-order valence-electron chi connectivity index (χ1n) is 4.64. The van der Waals surface area contributed by atoms with Crippen molar-refractivity contribution in [2.75, 3.05) is 6.67 Å². The lowest BCUT2D eigenvalue weighted by Gasteiger charge is -2.33. The first-order chi connectivity index (χ1) is 5.54. The van der Waals surface area contributed by atoms with Crippen molar-refractivity contribution in [2.24, 2.45) is 16.7 Å². The zero-order chi connectivity index (χ0) is 8.98. The lowest BCUT2D eigenvalue weighted by Crippen LogP contribution is -2.36. The molecule has 2 fully saturated rings. The van der Waals surface area contributed by atoms with Gasteiger partial charge in [0.25, 0.3) is 0 Å². The molecule has 2 aliphatic carbocycles. The molecular formula is C10H15FO. The summed E-state index contributed by atoms with van der Waals surface area (Å²) in [6.07, 6.45) is 2.57. The third-order valence-corrected chi connectivity index (χ3v) is 4.48. The standard InChI is InChI=1S/C10H15FO/c1-9-4-3-7(5-8(9)12)10(9,2)6-11/h7H,3-6H2,1-2H3/t7-,9+,10-/m0/s1. The molecule has 2 rings (SSSR count). The highest BCUT2D eigenvalue weighted by Crippen LogP contribution is 2.63. The maximum absolute atomic E-state index is 12.9. The summed E-state index contributed by atoms with van der Waals surface area (Å²) in [6, 6.07) is 0. The van der Waals surface area contributed by atoms with Crippen LogP contribution in [0.2, 0.25) is 0 Å². The molecule has 0 aliphatic heterocycles. The van der Waals surface area contributed by atoms with Crippen molar-refractivity contribution in [1.29, 1.82) is 0 Å². The second-order valence-electron chi connectivity index (χ2n) is 4.75. The summed E-state index contributed by atoms with van der Waals surface area (Å²) in [5, 5.41) is 0. The van der Waals surface area contributed by atoms with E-state index in [1.54, 1.807) is 0 Å². The molecule has 0 aromatic carbocycles. The van der Waals surface area contributed by atoms with E-state index < -0.39 is 0 Å². The average molecular weight is 170 g/mol. The van der Waals surface area contributed by atoms with E-state index >= 15 is 0 Å². The molecule has 0 radical (unpaired) electrons. The van der Waals surface area contributed by atoms with E-state index in [4.69, 9.17) is 0 Å². The van der Waals surface area contributed by atoms with E-state index in [1.165, 1.54) is 0 Å². The monoisotopic (exact) mass is 170 g/mol. The molecule has 2 saturated carbocycles. The Kier molecular flexibility index (Phi) is 1.43. The van der Waals surface area contributed by atoms with Gasteiger partial charge in [-0.25, -0.2) is 0 Å². The molecule has 2 bridgehead atoms. The Morgan fingerprint density at radius 1 is 1.58 bits per heavy atom. The number of rotatable bonds is 1. The number of halogens is 1. The Balaban J connectivity index is 2.44. The summed E-state index contributed by atoms with van der Waals surface area (Å²) < 4.78 is 12.9. The van der Waals surface area contributed by atoms with Gasteiger partial charge in [0.15, 0.2) is 0 Å². The fourth-order valence-corrected chi connectivity index (χ4v) is 3.01. The molecule has 68 valence electrons. The normalized spacial score (nSPS) is 51.9. The summed E-state index contributed by atoms with van der Waals surface area (Å²) in [6.45, 7) is 3.55. The van der Waals surface area contributed by atoms with Crippen molar-refractivity contribution in [3.63, 3.8) is 0 Å². The van der Waals surface area contributed by atoms with Crippen LogP contribution in [-0.4, -0.2) is 12.5 Å². The highest BCUT2D eigenvalue weighted by Gasteiger charge is 2.63. The smallest absolute Gasteiger partial charge is 0.139 e. The highest BCUT2D eigenvalue weighted by atomic mass is 19.1. The van der Waals surface area contributed by atoms with Crippen LogP contribution in [0.25, 0.3) is 0 Å². The molecule has 0 N–H and O–H groups in total. The minimum Gasteiger partial charge on any atom is -0.299 e. The predicted molar refractivity (Wildman–Crippen MR) is 44.5 cm³/mol. The molecular weight excluding hydrogens is 155 g/mol. The van der Waals surface area contributed by atoms with Gasteiger partial charge in [-0.2, -0.15) is 0 Å². The number of Topliss-reactive ketones (excluding diaryl/α,β-unsaturated/α-hetero) is 1. The van der Waals surface area contributed by atoms with E-state index in [0.29, 0.717) is 18.1 Å². The van der Waals surface area contributed by atoms with Crippen LogP contribution in [0, 0.1) is 16.7 Å². The highest BCUT2D eigenvalue weighted by molar-refractivity contribution is 5.89. The molecule has 0 heterocycles. The van der Waals surface area contributed by atoms with Crippen molar-refractivity contribution >= 4 is 5.78 Å². The van der Waals surface area contributed by atoms with Crippen LogP contribution in [-0.2, 0) is 4.79 Å². The van der Waals surface area contributed by atoms with Crippen LogP contribution in [0.1, 0.15) is 33.1 Å². The summed E-state index contributed by atoms with van der Waals surface area (Å²) in [5.41, 5.74) is -0.684. The van der Waals surface area contributed by atoms with Crippen molar-refractivity contribution in [2.45, 2.75) is 33.1 Å². The number of ketones is 1. The van der Waals surface area contributed by atoms with Crippen LogP contribution >= 0.6 is 0 Å². The van der Waals surface area contributed by atoms with Crippen molar-refractivity contribution < 1.29 is 9.18 Å². The van der Waals surface area contributed by atoms with E-state index in [2.05, 4.69) is 0 Å². The number of carbonyl (C=O) groups excluding carboxylic acids is 1. The van der Waals surface area contributed by atoms with Gasteiger partial charge in [0.1, 0.15) is 5.78 Å².